The molecule has 0 saturated heterocycles. The van der Waals surface area contributed by atoms with Crippen molar-refractivity contribution >= 4 is 46.3 Å². The number of rotatable bonds is 3. The second kappa shape index (κ2) is 7.75. The maximum atomic E-state index is 14.1. The maximum absolute atomic E-state index is 14.1. The molecule has 0 aliphatic carbocycles. The van der Waals surface area contributed by atoms with Crippen molar-refractivity contribution in [3.8, 4) is 0 Å². The summed E-state index contributed by atoms with van der Waals surface area (Å²) in [7, 11) is 0. The Morgan fingerprint density at radius 1 is 1.31 bits per heavy atom. The van der Waals surface area contributed by atoms with E-state index in [0.717, 1.165) is 16.3 Å². The minimum absolute atomic E-state index is 0.0173. The maximum Gasteiger partial charge on any atom is 0.401 e. The first-order valence-corrected chi connectivity index (χ1v) is 10.2. The van der Waals surface area contributed by atoms with Crippen LogP contribution >= 0.6 is 23.2 Å². The predicted octanol–water partition coefficient (Wildman–Crippen LogP) is 4.23. The van der Waals surface area contributed by atoms with Crippen LogP contribution in [0.25, 0.3) is 5.65 Å². The van der Waals surface area contributed by atoms with Crippen molar-refractivity contribution in [1.82, 2.24) is 19.6 Å². The molecule has 4 heterocycles. The molecule has 8 nitrogen and oxygen atoms in total. The van der Waals surface area contributed by atoms with Gasteiger partial charge in [0.1, 0.15) is 5.41 Å². The van der Waals surface area contributed by atoms with Crippen molar-refractivity contribution < 1.29 is 23.1 Å². The molecule has 32 heavy (non-hydrogen) atoms. The van der Waals surface area contributed by atoms with Crippen LogP contribution in [0.5, 0.6) is 0 Å². The number of nitrogens with zero attached hydrogens (tertiary/aromatic N) is 5. The van der Waals surface area contributed by atoms with Crippen LogP contribution in [0.15, 0.2) is 24.5 Å². The minimum Gasteiger partial charge on any atom is -0.393 e. The van der Waals surface area contributed by atoms with Gasteiger partial charge in [0.25, 0.3) is 0 Å². The van der Waals surface area contributed by atoms with Gasteiger partial charge in [0.05, 0.1) is 46.3 Å². The molecule has 3 aromatic rings. The molecular weight excluding hydrogens is 472 g/mol. The molecule has 13 heteroatoms. The lowest BCUT2D eigenvalue weighted by molar-refractivity contribution is -0.181. The third kappa shape index (κ3) is 3.74. The van der Waals surface area contributed by atoms with Crippen LogP contribution in [0, 0.1) is 0 Å². The minimum atomic E-state index is -4.68. The number of anilines is 2. The van der Waals surface area contributed by atoms with E-state index >= 15 is 0 Å². The summed E-state index contributed by atoms with van der Waals surface area (Å²) in [5.41, 5.74) is -1.94. The molecule has 2 amide bonds. The van der Waals surface area contributed by atoms with Gasteiger partial charge < -0.3 is 10.4 Å². The highest BCUT2D eigenvalue weighted by Crippen LogP contribution is 2.50. The molecule has 170 valence electrons. The first-order valence-electron chi connectivity index (χ1n) is 9.43. The molecule has 2 N–H and O–H groups in total. The number of nitrogens with one attached hydrogen (secondary N) is 1. The topological polar surface area (TPSA) is 95.7 Å². The Kier molecular flexibility index (Phi) is 5.46. The lowest BCUT2D eigenvalue weighted by Crippen LogP contribution is -2.46. The summed E-state index contributed by atoms with van der Waals surface area (Å²) in [6.45, 7) is 1.89. The first-order chi connectivity index (χ1) is 14.9. The number of halogens is 5. The number of hydrogen-bond donors (Lipinski definition) is 2. The number of carbonyl (C=O) groups excluding carboxylic acids is 1. The molecule has 0 fully saturated rings. The Morgan fingerprint density at radius 3 is 2.66 bits per heavy atom. The monoisotopic (exact) mass is 488 g/mol. The molecule has 2 atom stereocenters. The molecule has 0 bridgehead atoms. The van der Waals surface area contributed by atoms with Gasteiger partial charge in [0.15, 0.2) is 10.8 Å². The van der Waals surface area contributed by atoms with Crippen LogP contribution in [0.3, 0.4) is 0 Å². The van der Waals surface area contributed by atoms with E-state index in [2.05, 4.69) is 20.4 Å². The molecule has 0 spiro atoms. The van der Waals surface area contributed by atoms with Crippen molar-refractivity contribution in [2.75, 3.05) is 16.8 Å². The highest BCUT2D eigenvalue weighted by atomic mass is 35.5. The van der Waals surface area contributed by atoms with Crippen LogP contribution in [0.1, 0.15) is 25.2 Å². The van der Waals surface area contributed by atoms with Crippen molar-refractivity contribution in [2.45, 2.75) is 38.0 Å². The Bertz CT molecular complexity index is 1220. The third-order valence-corrected chi connectivity index (χ3v) is 5.76. The lowest BCUT2D eigenvalue weighted by atomic mass is 9.88. The van der Waals surface area contributed by atoms with Crippen molar-refractivity contribution in [3.05, 3.63) is 46.1 Å². The number of alkyl halides is 3. The number of aliphatic hydroxyl groups excluding tert-OH is 1. The number of carbonyl (C=O) groups is 1. The van der Waals surface area contributed by atoms with E-state index in [1.54, 1.807) is 6.92 Å². The standard InChI is InChI=1S/C19H17Cl2F3N6O2/c1-9(31)3-12-11(20)4-10(6-25-12)27-17(32)29-8-18(2,19(22,23)24)16-13(29)7-26-15-5-14(21)28-30(15)16/h4-7,9,31H,3,8H2,1-2H3,(H,27,32)/t9-,18+/m0/s1. The van der Waals surface area contributed by atoms with E-state index in [4.69, 9.17) is 23.2 Å². The van der Waals surface area contributed by atoms with Gasteiger partial charge in [-0.1, -0.05) is 23.2 Å². The number of fused-ring (bicyclic) bond motifs is 3. The van der Waals surface area contributed by atoms with Gasteiger partial charge in [-0.15, -0.1) is 0 Å². The number of aromatic nitrogens is 4. The SMILES string of the molecule is C[C@H](O)Cc1ncc(NC(=O)N2C[C@@](C)(C(F)(F)F)c3c2cnc2cc(Cl)nn32)cc1Cl. The molecule has 3 aromatic heterocycles. The smallest absolute Gasteiger partial charge is 0.393 e. The third-order valence-electron chi connectivity index (χ3n) is 5.25. The van der Waals surface area contributed by atoms with Gasteiger partial charge in [-0.25, -0.2) is 14.3 Å². The van der Waals surface area contributed by atoms with E-state index in [1.807, 2.05) is 0 Å². The second-order valence-electron chi connectivity index (χ2n) is 7.78. The summed E-state index contributed by atoms with van der Waals surface area (Å²) in [5.74, 6) is 0. The largest absolute Gasteiger partial charge is 0.401 e. The van der Waals surface area contributed by atoms with E-state index in [-0.39, 0.29) is 39.3 Å². The molecule has 1 aliphatic heterocycles. The molecule has 1 aliphatic rings. The van der Waals surface area contributed by atoms with Gasteiger partial charge >= 0.3 is 12.2 Å². The lowest BCUT2D eigenvalue weighted by Gasteiger charge is -2.28. The highest BCUT2D eigenvalue weighted by Gasteiger charge is 2.60. The van der Waals surface area contributed by atoms with Gasteiger partial charge in [0.2, 0.25) is 0 Å². The summed E-state index contributed by atoms with van der Waals surface area (Å²) in [4.78, 5) is 22.1. The normalized spacial score (nSPS) is 19.3. The van der Waals surface area contributed by atoms with Crippen molar-refractivity contribution in [1.29, 1.82) is 0 Å². The number of pyridine rings is 1. The summed E-state index contributed by atoms with van der Waals surface area (Å²) >= 11 is 12.0. The van der Waals surface area contributed by atoms with E-state index in [9.17, 15) is 23.1 Å². The molecule has 0 saturated carbocycles. The highest BCUT2D eigenvalue weighted by molar-refractivity contribution is 6.31. The number of amides is 2. The van der Waals surface area contributed by atoms with Gasteiger partial charge in [-0.05, 0) is 19.9 Å². The predicted molar refractivity (Wildman–Crippen MR) is 112 cm³/mol. The zero-order valence-corrected chi connectivity index (χ0v) is 18.3. The number of urea groups is 1. The molecular formula is C19H17Cl2F3N6O2. The van der Waals surface area contributed by atoms with Crippen LogP contribution in [-0.4, -0.2) is 49.5 Å². The fraction of sp³-hybridized carbons (Fsp3) is 0.368. The fourth-order valence-corrected chi connectivity index (χ4v) is 4.06. The second-order valence-corrected chi connectivity index (χ2v) is 8.58. The summed E-state index contributed by atoms with van der Waals surface area (Å²) in [6, 6.07) is 1.93. The summed E-state index contributed by atoms with van der Waals surface area (Å²) < 4.78 is 43.4. The van der Waals surface area contributed by atoms with Gasteiger partial charge in [-0.2, -0.15) is 18.3 Å². The Morgan fingerprint density at radius 2 is 2.03 bits per heavy atom. The average molecular weight is 489 g/mol. The Balaban J connectivity index is 1.70. The molecule has 0 unspecified atom stereocenters. The van der Waals surface area contributed by atoms with Crippen LogP contribution in [-0.2, 0) is 11.8 Å². The van der Waals surface area contributed by atoms with Crippen molar-refractivity contribution in [2.24, 2.45) is 0 Å². The molecule has 0 radical (unpaired) electrons. The first kappa shape index (κ1) is 22.6. The van der Waals surface area contributed by atoms with Crippen LogP contribution < -0.4 is 10.2 Å². The van der Waals surface area contributed by atoms with Gasteiger partial charge in [0, 0.05) is 19.0 Å². The van der Waals surface area contributed by atoms with E-state index in [0.29, 0.717) is 5.69 Å². The van der Waals surface area contributed by atoms with E-state index < -0.39 is 30.3 Å². The van der Waals surface area contributed by atoms with Crippen LogP contribution in [0.4, 0.5) is 29.3 Å². The average Bonchev–Trinajstić information content (AvgIpc) is 3.20. The zero-order valence-electron chi connectivity index (χ0n) is 16.8. The summed E-state index contributed by atoms with van der Waals surface area (Å²) in [5, 5.41) is 16.1. The van der Waals surface area contributed by atoms with E-state index in [1.165, 1.54) is 24.5 Å². The molecule has 4 rings (SSSR count). The fourth-order valence-electron chi connectivity index (χ4n) is 3.65. The van der Waals surface area contributed by atoms with Crippen LogP contribution in [0.2, 0.25) is 10.2 Å². The van der Waals surface area contributed by atoms with Crippen molar-refractivity contribution in [3.63, 3.8) is 0 Å². The number of hydrogen-bond acceptors (Lipinski definition) is 5. The Labute approximate surface area is 190 Å². The van der Waals surface area contributed by atoms with Gasteiger partial charge in [-0.3, -0.25) is 9.88 Å². The molecule has 0 aromatic carbocycles. The zero-order chi connectivity index (χ0) is 23.4. The summed E-state index contributed by atoms with van der Waals surface area (Å²) in [6.07, 6.45) is -2.63. The number of aliphatic hydroxyl groups is 1. The Hall–Kier alpha value is -2.63. The quantitative estimate of drug-likeness (QED) is 0.575.